The van der Waals surface area contributed by atoms with Crippen molar-refractivity contribution in [2.24, 2.45) is 0 Å². The quantitative estimate of drug-likeness (QED) is 0.868. The second-order valence-corrected chi connectivity index (χ2v) is 6.39. The minimum absolute atomic E-state index is 0.0969. The fourth-order valence-electron chi connectivity index (χ4n) is 1.44. The van der Waals surface area contributed by atoms with Crippen molar-refractivity contribution in [1.82, 2.24) is 0 Å². The number of sulfone groups is 1. The van der Waals surface area contributed by atoms with E-state index >= 15 is 0 Å². The van der Waals surface area contributed by atoms with Crippen LogP contribution in [-0.2, 0) is 14.9 Å². The highest BCUT2D eigenvalue weighted by molar-refractivity contribution is 7.90. The van der Waals surface area contributed by atoms with E-state index < -0.39 is 9.84 Å². The van der Waals surface area contributed by atoms with Gasteiger partial charge in [0, 0.05) is 17.3 Å². The second-order valence-electron chi connectivity index (χ2n) is 3.94. The van der Waals surface area contributed by atoms with Gasteiger partial charge in [-0.15, -0.1) is 0 Å². The Balaban J connectivity index is 2.27. The maximum atomic E-state index is 11.5. The van der Waals surface area contributed by atoms with Gasteiger partial charge in [-0.05, 0) is 36.4 Å². The minimum atomic E-state index is -3.25. The number of hydrogen-bond acceptors (Lipinski definition) is 3. The fraction of sp³-hybridized carbons (Fsp3) is 0.0769. The lowest BCUT2D eigenvalue weighted by Crippen LogP contribution is -1.96. The van der Waals surface area contributed by atoms with Gasteiger partial charge in [-0.3, -0.25) is 5.11 Å². The maximum absolute atomic E-state index is 11.5. The van der Waals surface area contributed by atoms with E-state index in [0.717, 1.165) is 6.26 Å². The summed E-state index contributed by atoms with van der Waals surface area (Å²) in [6, 6.07) is 9.99. The molecule has 0 heterocycles. The van der Waals surface area contributed by atoms with E-state index in [1.54, 1.807) is 0 Å². The van der Waals surface area contributed by atoms with E-state index in [1.807, 2.05) is 0 Å². The predicted octanol–water partition coefficient (Wildman–Crippen LogP) is 3.68. The van der Waals surface area contributed by atoms with E-state index in [2.05, 4.69) is 0 Å². The molecule has 0 saturated carbocycles. The molecule has 0 aliphatic heterocycles. The molecular formula is C13H10ClO4S. The van der Waals surface area contributed by atoms with Gasteiger partial charge in [-0.2, -0.15) is 0 Å². The molecule has 0 bridgehead atoms. The van der Waals surface area contributed by atoms with Crippen LogP contribution in [0.4, 0.5) is 0 Å². The summed E-state index contributed by atoms with van der Waals surface area (Å²) in [7, 11) is -3.25. The molecule has 0 atom stereocenters. The Morgan fingerprint density at radius 2 is 1.68 bits per heavy atom. The van der Waals surface area contributed by atoms with E-state index in [4.69, 9.17) is 16.3 Å². The summed E-state index contributed by atoms with van der Waals surface area (Å²) < 4.78 is 28.0. The highest BCUT2D eigenvalue weighted by Crippen LogP contribution is 2.33. The summed E-state index contributed by atoms with van der Waals surface area (Å²) in [6.45, 7) is 0. The van der Waals surface area contributed by atoms with Crippen LogP contribution in [0.5, 0.6) is 17.2 Å². The zero-order chi connectivity index (χ0) is 14.0. The molecule has 19 heavy (non-hydrogen) atoms. The van der Waals surface area contributed by atoms with Gasteiger partial charge in [0.15, 0.2) is 15.6 Å². The third-order valence-corrected chi connectivity index (χ3v) is 3.75. The van der Waals surface area contributed by atoms with Gasteiger partial charge >= 0.3 is 0 Å². The topological polar surface area (TPSA) is 63.3 Å². The van der Waals surface area contributed by atoms with Crippen molar-refractivity contribution in [3.05, 3.63) is 47.5 Å². The van der Waals surface area contributed by atoms with E-state index in [-0.39, 0.29) is 16.4 Å². The Labute approximate surface area is 116 Å². The zero-order valence-corrected chi connectivity index (χ0v) is 11.5. The lowest BCUT2D eigenvalue weighted by Gasteiger charge is -2.07. The molecule has 4 nitrogen and oxygen atoms in total. The predicted molar refractivity (Wildman–Crippen MR) is 71.2 cm³/mol. The monoisotopic (exact) mass is 297 g/mol. The average Bonchev–Trinajstić information content (AvgIpc) is 2.33. The SMILES string of the molecule is CS(=O)(=O)c1ccc(Oc2cc(Cl)ccc2[O])cc1. The first-order valence-electron chi connectivity index (χ1n) is 5.31. The Morgan fingerprint density at radius 1 is 1.05 bits per heavy atom. The van der Waals surface area contributed by atoms with Gasteiger partial charge in [0.1, 0.15) is 5.75 Å². The van der Waals surface area contributed by atoms with E-state index in [0.29, 0.717) is 10.8 Å². The second kappa shape index (κ2) is 5.11. The molecule has 99 valence electrons. The van der Waals surface area contributed by atoms with Gasteiger partial charge < -0.3 is 4.74 Å². The summed E-state index contributed by atoms with van der Waals surface area (Å²) in [5.74, 6) is 0.169. The van der Waals surface area contributed by atoms with Crippen molar-refractivity contribution in [3.63, 3.8) is 0 Å². The van der Waals surface area contributed by atoms with Gasteiger partial charge in [0.2, 0.25) is 5.75 Å². The van der Waals surface area contributed by atoms with Crippen molar-refractivity contribution in [3.8, 4) is 17.2 Å². The third-order valence-electron chi connectivity index (χ3n) is 2.39. The van der Waals surface area contributed by atoms with Gasteiger partial charge in [0.05, 0.1) is 4.90 Å². The van der Waals surface area contributed by atoms with Gasteiger partial charge in [-0.25, -0.2) is 8.42 Å². The molecule has 0 fully saturated rings. The van der Waals surface area contributed by atoms with Crippen LogP contribution >= 0.6 is 11.6 Å². The van der Waals surface area contributed by atoms with Crippen LogP contribution in [-0.4, -0.2) is 14.7 Å². The molecule has 2 aromatic carbocycles. The number of hydrogen-bond donors (Lipinski definition) is 0. The van der Waals surface area contributed by atoms with Crippen molar-refractivity contribution >= 4 is 21.4 Å². The zero-order valence-electron chi connectivity index (χ0n) is 9.96. The largest absolute Gasteiger partial charge is 0.453 e. The molecule has 0 amide bonds. The van der Waals surface area contributed by atoms with Crippen LogP contribution in [0.1, 0.15) is 0 Å². The normalized spacial score (nSPS) is 11.3. The van der Waals surface area contributed by atoms with Crippen molar-refractivity contribution < 1.29 is 18.3 Å². The smallest absolute Gasteiger partial charge is 0.221 e. The summed E-state index contributed by atoms with van der Waals surface area (Å²) in [4.78, 5) is 0.188. The summed E-state index contributed by atoms with van der Waals surface area (Å²) in [5.41, 5.74) is 0. The summed E-state index contributed by atoms with van der Waals surface area (Å²) >= 11 is 5.77. The minimum Gasteiger partial charge on any atom is -0.453 e. The lowest BCUT2D eigenvalue weighted by atomic mass is 10.3. The van der Waals surface area contributed by atoms with E-state index in [1.165, 1.54) is 42.5 Å². The van der Waals surface area contributed by atoms with Crippen LogP contribution in [0.3, 0.4) is 0 Å². The first kappa shape index (κ1) is 13.7. The van der Waals surface area contributed by atoms with Gasteiger partial charge in [0.25, 0.3) is 0 Å². The van der Waals surface area contributed by atoms with Crippen LogP contribution in [0.25, 0.3) is 0 Å². The van der Waals surface area contributed by atoms with Crippen molar-refractivity contribution in [2.45, 2.75) is 4.90 Å². The van der Waals surface area contributed by atoms with Crippen molar-refractivity contribution in [1.29, 1.82) is 0 Å². The molecule has 2 aromatic rings. The van der Waals surface area contributed by atoms with Crippen LogP contribution < -0.4 is 4.74 Å². The Bertz CT molecular complexity index is 693. The third kappa shape index (κ3) is 3.39. The first-order valence-corrected chi connectivity index (χ1v) is 7.58. The Morgan fingerprint density at radius 3 is 2.26 bits per heavy atom. The Kier molecular flexibility index (Phi) is 3.68. The molecular weight excluding hydrogens is 288 g/mol. The maximum Gasteiger partial charge on any atom is 0.221 e. The molecule has 1 radical (unpaired) electrons. The highest BCUT2D eigenvalue weighted by Gasteiger charge is 2.09. The molecule has 0 aliphatic carbocycles. The number of benzene rings is 2. The molecule has 6 heteroatoms. The number of rotatable bonds is 3. The molecule has 0 aliphatic rings. The van der Waals surface area contributed by atoms with E-state index in [9.17, 15) is 13.5 Å². The summed E-state index contributed by atoms with van der Waals surface area (Å²) in [6.07, 6.45) is 1.12. The summed E-state index contributed by atoms with van der Waals surface area (Å²) in [5, 5.41) is 11.9. The molecule has 0 N–H and O–H groups in total. The number of ether oxygens (including phenoxy) is 1. The molecule has 0 unspecified atom stereocenters. The van der Waals surface area contributed by atoms with Crippen LogP contribution in [0.2, 0.25) is 5.02 Å². The molecule has 2 rings (SSSR count). The molecule has 0 saturated heterocycles. The standard InChI is InChI=1S/C13H10ClO4S/c1-19(16,17)11-5-3-10(4-6-11)18-13-8-9(14)2-7-12(13)15/h2-8H,1H3. The highest BCUT2D eigenvalue weighted by atomic mass is 35.5. The Hall–Kier alpha value is -1.72. The van der Waals surface area contributed by atoms with Crippen LogP contribution in [0, 0.1) is 0 Å². The van der Waals surface area contributed by atoms with Crippen LogP contribution in [0.15, 0.2) is 47.4 Å². The molecule has 0 spiro atoms. The van der Waals surface area contributed by atoms with Crippen molar-refractivity contribution in [2.75, 3.05) is 6.26 Å². The fourth-order valence-corrected chi connectivity index (χ4v) is 2.24. The first-order chi connectivity index (χ1) is 8.86. The molecule has 0 aromatic heterocycles. The lowest BCUT2D eigenvalue weighted by molar-refractivity contribution is 0.329. The average molecular weight is 298 g/mol. The number of halogens is 1. The van der Waals surface area contributed by atoms with Gasteiger partial charge in [-0.1, -0.05) is 11.6 Å².